The average Bonchev–Trinajstić information content (AvgIpc) is 3.08. The number of unbranched alkanes of at least 4 members (excludes halogenated alkanes) is 3. The number of hydrogen-bond acceptors (Lipinski definition) is 10. The zero-order valence-corrected chi connectivity index (χ0v) is 28.2. The van der Waals surface area contributed by atoms with E-state index >= 15 is 0 Å². The first kappa shape index (κ1) is 41.7. The van der Waals surface area contributed by atoms with Crippen LogP contribution in [0.3, 0.4) is 0 Å². The van der Waals surface area contributed by atoms with Gasteiger partial charge in [-0.1, -0.05) is 31.0 Å². The fourth-order valence-corrected chi connectivity index (χ4v) is 4.23. The fraction of sp³-hybridized carbons (Fsp3) is 0.618. The molecule has 0 aromatic heterocycles. The molecular formula is C34H49ClF3NO9. The van der Waals surface area contributed by atoms with Crippen LogP contribution < -0.4 is 5.32 Å². The first-order chi connectivity index (χ1) is 23.4. The number of nitrogens with one attached hydrogen (secondary N) is 1. The second-order valence-corrected chi connectivity index (χ2v) is 10.7. The Morgan fingerprint density at radius 1 is 0.583 bits per heavy atom. The molecule has 1 N–H and O–H groups in total. The van der Waals surface area contributed by atoms with E-state index in [9.17, 15) is 18.0 Å². The normalized spacial score (nSPS) is 11.6. The maximum atomic E-state index is 13.0. The molecule has 0 atom stereocenters. The Morgan fingerprint density at radius 2 is 1.06 bits per heavy atom. The lowest BCUT2D eigenvalue weighted by atomic mass is 10.1. The average molecular weight is 708 g/mol. The van der Waals surface area contributed by atoms with Crippen LogP contribution in [-0.4, -0.2) is 111 Å². The molecule has 0 aliphatic rings. The van der Waals surface area contributed by atoms with E-state index < -0.39 is 17.7 Å². The Morgan fingerprint density at radius 3 is 1.58 bits per heavy atom. The van der Waals surface area contributed by atoms with Crippen LogP contribution in [0.4, 0.5) is 24.5 Å². The molecule has 14 heteroatoms. The summed E-state index contributed by atoms with van der Waals surface area (Å²) in [4.78, 5) is 12.6. The van der Waals surface area contributed by atoms with Crippen LogP contribution in [0.25, 0.3) is 0 Å². The molecule has 0 amide bonds. The summed E-state index contributed by atoms with van der Waals surface area (Å²) in [6.45, 7) is 6.43. The molecule has 2 rings (SSSR count). The minimum Gasteiger partial charge on any atom is -0.460 e. The Labute approximate surface area is 286 Å². The third-order valence-electron chi connectivity index (χ3n) is 6.48. The smallest absolute Gasteiger partial charge is 0.416 e. The second kappa shape index (κ2) is 27.3. The van der Waals surface area contributed by atoms with Crippen LogP contribution in [0.2, 0.25) is 0 Å². The molecule has 2 aromatic rings. The molecule has 0 saturated heterocycles. The van der Waals surface area contributed by atoms with Gasteiger partial charge in [0.25, 0.3) is 0 Å². The molecule has 0 saturated carbocycles. The van der Waals surface area contributed by atoms with Crippen molar-refractivity contribution in [3.63, 3.8) is 0 Å². The van der Waals surface area contributed by atoms with Crippen LogP contribution in [-0.2, 0) is 44.1 Å². The summed E-state index contributed by atoms with van der Waals surface area (Å²) < 4.78 is 82.6. The number of carbonyl (C=O) groups excluding carboxylic acids is 1. The van der Waals surface area contributed by atoms with E-state index in [-0.39, 0.29) is 24.5 Å². The number of rotatable bonds is 30. The van der Waals surface area contributed by atoms with Crippen molar-refractivity contribution < 1.29 is 55.9 Å². The summed E-state index contributed by atoms with van der Waals surface area (Å²) in [5.41, 5.74) is -0.0755. The first-order valence-electron chi connectivity index (χ1n) is 16.2. The van der Waals surface area contributed by atoms with E-state index in [4.69, 9.17) is 49.5 Å². The van der Waals surface area contributed by atoms with Crippen molar-refractivity contribution in [2.75, 3.05) is 110 Å². The number of halogens is 4. The lowest BCUT2D eigenvalue weighted by Crippen LogP contribution is -2.15. The van der Waals surface area contributed by atoms with Gasteiger partial charge in [-0.25, -0.2) is 4.79 Å². The van der Waals surface area contributed by atoms with E-state index in [0.29, 0.717) is 85.0 Å². The van der Waals surface area contributed by atoms with Crippen molar-refractivity contribution in [2.45, 2.75) is 31.9 Å². The molecule has 2 aromatic carbocycles. The van der Waals surface area contributed by atoms with Crippen LogP contribution >= 0.6 is 11.6 Å². The van der Waals surface area contributed by atoms with Gasteiger partial charge < -0.3 is 43.2 Å². The molecule has 0 spiro atoms. The molecular weight excluding hydrogens is 659 g/mol. The van der Waals surface area contributed by atoms with E-state index in [1.54, 1.807) is 18.2 Å². The summed E-state index contributed by atoms with van der Waals surface area (Å²) in [5.74, 6) is 0.102. The minimum absolute atomic E-state index is 0.00469. The van der Waals surface area contributed by atoms with E-state index in [1.807, 2.05) is 0 Å². The van der Waals surface area contributed by atoms with Crippen molar-refractivity contribution in [3.05, 3.63) is 59.7 Å². The summed E-state index contributed by atoms with van der Waals surface area (Å²) >= 11 is 5.65. The molecule has 48 heavy (non-hydrogen) atoms. The number of anilines is 2. The Kier molecular flexibility index (Phi) is 23.7. The van der Waals surface area contributed by atoms with Crippen molar-refractivity contribution in [1.29, 1.82) is 0 Å². The van der Waals surface area contributed by atoms with Gasteiger partial charge in [-0.05, 0) is 43.2 Å². The minimum atomic E-state index is -4.47. The lowest BCUT2D eigenvalue weighted by molar-refractivity contribution is -0.137. The van der Waals surface area contributed by atoms with E-state index in [0.717, 1.165) is 50.3 Å². The predicted molar refractivity (Wildman–Crippen MR) is 176 cm³/mol. The van der Waals surface area contributed by atoms with Gasteiger partial charge in [0.1, 0.15) is 6.61 Å². The van der Waals surface area contributed by atoms with Crippen LogP contribution in [0.5, 0.6) is 0 Å². The number of para-hydroxylation sites is 1. The second-order valence-electron chi connectivity index (χ2n) is 10.3. The topological polar surface area (TPSA) is 103 Å². The van der Waals surface area contributed by atoms with Crippen LogP contribution in [0, 0.1) is 0 Å². The number of alkyl halides is 4. The maximum absolute atomic E-state index is 13.0. The number of carbonyl (C=O) groups is 1. The molecule has 0 aliphatic carbocycles. The van der Waals surface area contributed by atoms with Gasteiger partial charge in [-0.2, -0.15) is 13.2 Å². The zero-order chi connectivity index (χ0) is 34.5. The Hall–Kier alpha value is -2.49. The van der Waals surface area contributed by atoms with Gasteiger partial charge in [0.15, 0.2) is 0 Å². The van der Waals surface area contributed by atoms with Gasteiger partial charge >= 0.3 is 12.1 Å². The number of hydrogen-bond donors (Lipinski definition) is 1. The summed E-state index contributed by atoms with van der Waals surface area (Å²) in [7, 11) is 0. The van der Waals surface area contributed by atoms with Crippen LogP contribution in [0.1, 0.15) is 41.6 Å². The monoisotopic (exact) mass is 707 g/mol. The number of benzene rings is 2. The van der Waals surface area contributed by atoms with Gasteiger partial charge in [-0.15, -0.1) is 11.6 Å². The van der Waals surface area contributed by atoms with Crippen molar-refractivity contribution in [2.24, 2.45) is 0 Å². The van der Waals surface area contributed by atoms with Gasteiger partial charge in [0, 0.05) is 18.2 Å². The highest BCUT2D eigenvalue weighted by molar-refractivity contribution is 6.17. The van der Waals surface area contributed by atoms with Gasteiger partial charge in [0.2, 0.25) is 0 Å². The fourth-order valence-electron chi connectivity index (χ4n) is 4.04. The number of esters is 1. The molecule has 0 aliphatic heterocycles. The van der Waals surface area contributed by atoms with Gasteiger partial charge in [0.05, 0.1) is 103 Å². The lowest BCUT2D eigenvalue weighted by Gasteiger charge is -2.13. The predicted octanol–water partition coefficient (Wildman–Crippen LogP) is 6.52. The van der Waals surface area contributed by atoms with Crippen molar-refractivity contribution in [3.8, 4) is 0 Å². The standard InChI is InChI=1S/C34H49ClF3NO9/c35-12-5-1-2-6-13-41-14-15-42-16-17-43-18-19-44-20-21-45-22-23-46-24-25-47-26-27-48-33(40)31-10-3-4-11-32(31)39-30-9-7-8-29(28-30)34(36,37)38/h3-4,7-11,28,39H,1-2,5-6,12-27H2. The molecule has 272 valence electrons. The molecule has 10 nitrogen and oxygen atoms in total. The molecule has 0 radical (unpaired) electrons. The maximum Gasteiger partial charge on any atom is 0.416 e. The zero-order valence-electron chi connectivity index (χ0n) is 27.4. The highest BCUT2D eigenvalue weighted by Gasteiger charge is 2.30. The largest absolute Gasteiger partial charge is 0.460 e. The summed E-state index contributed by atoms with van der Waals surface area (Å²) in [5, 5.41) is 2.86. The Bertz CT molecular complexity index is 1100. The highest BCUT2D eigenvalue weighted by Crippen LogP contribution is 2.32. The quantitative estimate of drug-likeness (QED) is 0.0549. The van der Waals surface area contributed by atoms with E-state index in [2.05, 4.69) is 5.32 Å². The van der Waals surface area contributed by atoms with Crippen molar-refractivity contribution >= 4 is 28.9 Å². The first-order valence-corrected chi connectivity index (χ1v) is 16.8. The molecule has 0 unspecified atom stereocenters. The molecule has 0 heterocycles. The third kappa shape index (κ3) is 20.8. The summed E-state index contributed by atoms with van der Waals surface area (Å²) in [6, 6.07) is 11.2. The van der Waals surface area contributed by atoms with Gasteiger partial charge in [-0.3, -0.25) is 0 Å². The van der Waals surface area contributed by atoms with Crippen LogP contribution in [0.15, 0.2) is 48.5 Å². The summed E-state index contributed by atoms with van der Waals surface area (Å²) in [6.07, 6.45) is -0.0574. The molecule has 0 fully saturated rings. The SMILES string of the molecule is O=C(OCCOCCOCCOCCOCCOCCOCCOCCCCCCCl)c1ccccc1Nc1cccc(C(F)(F)F)c1. The Balaban J connectivity index is 1.35. The molecule has 0 bridgehead atoms. The van der Waals surface area contributed by atoms with Crippen molar-refractivity contribution in [1.82, 2.24) is 0 Å². The third-order valence-corrected chi connectivity index (χ3v) is 6.75. The highest BCUT2D eigenvalue weighted by atomic mass is 35.5. The number of ether oxygens (including phenoxy) is 8. The van der Waals surface area contributed by atoms with E-state index in [1.165, 1.54) is 18.2 Å².